The predicted octanol–water partition coefficient (Wildman–Crippen LogP) is 1.85. The van der Waals surface area contributed by atoms with Crippen LogP contribution in [0, 0.1) is 5.13 Å². The van der Waals surface area contributed by atoms with Crippen LogP contribution in [-0.2, 0) is 0 Å². The summed E-state index contributed by atoms with van der Waals surface area (Å²) in [7, 11) is 0. The van der Waals surface area contributed by atoms with Crippen molar-refractivity contribution in [3.05, 3.63) is 11.3 Å². The normalized spacial score (nSPS) is 9.25. The van der Waals surface area contributed by atoms with Crippen LogP contribution in [0.5, 0.6) is 0 Å². The molecule has 0 amide bonds. The molecule has 0 aliphatic rings. The molecule has 1 rings (SSSR count). The highest BCUT2D eigenvalue weighted by atomic mass is 35.5. The number of anilines is 1. The van der Waals surface area contributed by atoms with Gasteiger partial charge in [0.2, 0.25) is 0 Å². The number of hydrogen-bond donors (Lipinski definition) is 1. The maximum atomic E-state index is 12.0. The second kappa shape index (κ2) is 2.28. The Morgan fingerprint density at radius 3 is 2.88 bits per heavy atom. The average molecular weight is 153 g/mol. The van der Waals surface area contributed by atoms with E-state index in [1.165, 1.54) is 0 Å². The topological polar surface area (TPSA) is 24.9 Å². The minimum atomic E-state index is -0.340. The molecule has 5 heteroatoms. The van der Waals surface area contributed by atoms with Crippen molar-refractivity contribution in [1.29, 1.82) is 0 Å². The van der Waals surface area contributed by atoms with Gasteiger partial charge in [0.1, 0.15) is 0 Å². The summed E-state index contributed by atoms with van der Waals surface area (Å²) in [6, 6.07) is 0. The first-order valence-electron chi connectivity index (χ1n) is 1.81. The Labute approximate surface area is 54.4 Å². The molecule has 1 aromatic heterocycles. The molecule has 0 aliphatic carbocycles. The zero-order chi connectivity index (χ0) is 5.98. The Kier molecular flexibility index (Phi) is 1.65. The van der Waals surface area contributed by atoms with Gasteiger partial charge in [-0.2, -0.15) is 4.39 Å². The monoisotopic (exact) mass is 152 g/mol. The van der Waals surface area contributed by atoms with E-state index in [1.54, 1.807) is 0 Å². The van der Waals surface area contributed by atoms with Crippen molar-refractivity contribution in [2.24, 2.45) is 0 Å². The highest BCUT2D eigenvalue weighted by Gasteiger charge is 1.95. The lowest BCUT2D eigenvalue weighted by Crippen LogP contribution is -1.72. The molecule has 0 atom stereocenters. The van der Waals surface area contributed by atoms with Gasteiger partial charge in [-0.15, -0.1) is 0 Å². The van der Waals surface area contributed by atoms with Crippen LogP contribution >= 0.6 is 23.1 Å². The molecule has 0 aliphatic heterocycles. The van der Waals surface area contributed by atoms with Gasteiger partial charge in [0.15, 0.2) is 10.3 Å². The number of nitrogens with zero attached hydrogens (tertiary/aromatic N) is 1. The Bertz CT molecular complexity index is 178. The number of thiazole rings is 1. The molecule has 1 heterocycles. The maximum Gasteiger partial charge on any atom is 0.200 e. The second-order valence-corrected chi connectivity index (χ2v) is 2.23. The minimum absolute atomic E-state index is 0.340. The summed E-state index contributed by atoms with van der Waals surface area (Å²) in [6.07, 6.45) is 1.11. The molecule has 0 aromatic carbocycles. The number of nitrogens with one attached hydrogen (secondary N) is 1. The first kappa shape index (κ1) is 5.78. The van der Waals surface area contributed by atoms with Crippen molar-refractivity contribution in [2.45, 2.75) is 0 Å². The van der Waals surface area contributed by atoms with E-state index < -0.39 is 0 Å². The smallest absolute Gasteiger partial charge is 0.200 e. The van der Waals surface area contributed by atoms with E-state index in [1.807, 2.05) is 0 Å². The van der Waals surface area contributed by atoms with Crippen LogP contribution in [0.25, 0.3) is 0 Å². The van der Waals surface area contributed by atoms with Gasteiger partial charge in [0.25, 0.3) is 0 Å². The number of hydrogen-bond acceptors (Lipinski definition) is 3. The van der Waals surface area contributed by atoms with Crippen LogP contribution in [-0.4, -0.2) is 4.98 Å². The SMILES string of the molecule is Fc1cnc(NCl)s1. The molecule has 8 heavy (non-hydrogen) atoms. The number of aromatic nitrogens is 1. The van der Waals surface area contributed by atoms with Crippen molar-refractivity contribution < 1.29 is 4.39 Å². The molecule has 1 N–H and O–H groups in total. The van der Waals surface area contributed by atoms with Crippen molar-refractivity contribution in [1.82, 2.24) is 4.98 Å². The van der Waals surface area contributed by atoms with Crippen molar-refractivity contribution >= 4 is 28.2 Å². The summed E-state index contributed by atoms with van der Waals surface area (Å²) in [5.41, 5.74) is 0. The molecule has 0 saturated heterocycles. The third-order valence-electron chi connectivity index (χ3n) is 0.558. The van der Waals surface area contributed by atoms with Gasteiger partial charge in [-0.3, -0.25) is 4.84 Å². The van der Waals surface area contributed by atoms with E-state index in [-0.39, 0.29) is 5.13 Å². The van der Waals surface area contributed by atoms with E-state index in [2.05, 4.69) is 9.82 Å². The molecule has 1 aromatic rings. The van der Waals surface area contributed by atoms with Gasteiger partial charge in [0, 0.05) is 11.8 Å². The Morgan fingerprint density at radius 2 is 2.62 bits per heavy atom. The lowest BCUT2D eigenvalue weighted by atomic mass is 11.0. The molecule has 2 nitrogen and oxygen atoms in total. The lowest BCUT2D eigenvalue weighted by Gasteiger charge is -1.80. The van der Waals surface area contributed by atoms with E-state index in [4.69, 9.17) is 11.8 Å². The van der Waals surface area contributed by atoms with Gasteiger partial charge in [-0.1, -0.05) is 11.3 Å². The highest BCUT2D eigenvalue weighted by Crippen LogP contribution is 2.15. The molecule has 0 saturated carbocycles. The lowest BCUT2D eigenvalue weighted by molar-refractivity contribution is 0.653. The third-order valence-corrected chi connectivity index (χ3v) is 1.55. The van der Waals surface area contributed by atoms with Gasteiger partial charge in [-0.25, -0.2) is 4.98 Å². The summed E-state index contributed by atoms with van der Waals surface area (Å²) < 4.78 is 12.0. The molecule has 0 fully saturated rings. The van der Waals surface area contributed by atoms with E-state index >= 15 is 0 Å². The van der Waals surface area contributed by atoms with E-state index in [0.717, 1.165) is 17.5 Å². The van der Waals surface area contributed by atoms with Crippen LogP contribution in [0.3, 0.4) is 0 Å². The van der Waals surface area contributed by atoms with Crippen molar-refractivity contribution in [3.8, 4) is 0 Å². The first-order valence-corrected chi connectivity index (χ1v) is 3.00. The van der Waals surface area contributed by atoms with Crippen molar-refractivity contribution in [2.75, 3.05) is 4.84 Å². The average Bonchev–Trinajstić information content (AvgIpc) is 2.14. The summed E-state index contributed by atoms with van der Waals surface area (Å²) in [4.78, 5) is 5.72. The molecule has 44 valence electrons. The summed E-state index contributed by atoms with van der Waals surface area (Å²) >= 11 is 5.94. The Hall–Kier alpha value is -0.350. The molecule has 0 radical (unpaired) electrons. The maximum absolute atomic E-state index is 12.0. The van der Waals surface area contributed by atoms with Gasteiger partial charge < -0.3 is 0 Å². The number of rotatable bonds is 1. The molecule has 0 bridgehead atoms. The predicted molar refractivity (Wildman–Crippen MR) is 31.5 cm³/mol. The summed E-state index contributed by atoms with van der Waals surface area (Å²) in [5, 5.41) is 0.0392. The Morgan fingerprint density at radius 1 is 1.88 bits per heavy atom. The molecular weight excluding hydrogens is 151 g/mol. The second-order valence-electron chi connectivity index (χ2n) is 1.06. The van der Waals surface area contributed by atoms with Crippen LogP contribution in [0.15, 0.2) is 6.20 Å². The third kappa shape index (κ3) is 1.08. The van der Waals surface area contributed by atoms with Crippen molar-refractivity contribution in [3.63, 3.8) is 0 Å². The minimum Gasteiger partial charge on any atom is -0.274 e. The van der Waals surface area contributed by atoms with Crippen LogP contribution in [0.1, 0.15) is 0 Å². The summed E-state index contributed by atoms with van der Waals surface area (Å²) in [6.45, 7) is 0. The van der Waals surface area contributed by atoms with Crippen LogP contribution in [0.4, 0.5) is 9.52 Å². The molecule has 0 unspecified atom stereocenters. The van der Waals surface area contributed by atoms with E-state index in [9.17, 15) is 4.39 Å². The van der Waals surface area contributed by atoms with Crippen LogP contribution in [0.2, 0.25) is 0 Å². The highest BCUT2D eigenvalue weighted by molar-refractivity contribution is 7.14. The quantitative estimate of drug-likeness (QED) is 0.622. The zero-order valence-corrected chi connectivity index (χ0v) is 5.26. The fourth-order valence-corrected chi connectivity index (χ4v) is 0.897. The fourth-order valence-electron chi connectivity index (χ4n) is 0.298. The summed E-state index contributed by atoms with van der Waals surface area (Å²) in [5.74, 6) is 0. The van der Waals surface area contributed by atoms with E-state index in [0.29, 0.717) is 5.13 Å². The van der Waals surface area contributed by atoms with Gasteiger partial charge in [0.05, 0.1) is 6.20 Å². The number of halogens is 2. The largest absolute Gasteiger partial charge is 0.274 e. The first-order chi connectivity index (χ1) is 3.83. The molecule has 0 spiro atoms. The molecular formula is C3H2ClFN2S. The van der Waals surface area contributed by atoms with Gasteiger partial charge >= 0.3 is 0 Å². The standard InChI is InChI=1S/C3H2ClFN2S/c4-7-3-6-1-2(5)8-3/h1H,(H,6,7). The van der Waals surface area contributed by atoms with Crippen LogP contribution < -0.4 is 4.84 Å². The Balaban J connectivity index is 2.84. The fraction of sp³-hybridized carbons (Fsp3) is 0. The van der Waals surface area contributed by atoms with Gasteiger partial charge in [-0.05, 0) is 0 Å². The zero-order valence-electron chi connectivity index (χ0n) is 3.69.